The smallest absolute Gasteiger partial charge is 0.315 e. The maximum atomic E-state index is 13.3. The number of ketones is 1. The van der Waals surface area contributed by atoms with Crippen molar-refractivity contribution in [3.8, 4) is 11.5 Å². The summed E-state index contributed by atoms with van der Waals surface area (Å²) in [6, 6.07) is 11.1. The number of Topliss-reactive ketones (excluding diaryl/α,β-unsaturated/α-hetero) is 1. The van der Waals surface area contributed by atoms with E-state index in [0.29, 0.717) is 27.5 Å². The summed E-state index contributed by atoms with van der Waals surface area (Å²) in [7, 11) is 1.41. The number of thiocarbonyl (C=S) groups is 1. The van der Waals surface area contributed by atoms with Crippen LogP contribution in [0.4, 0.5) is 5.69 Å². The van der Waals surface area contributed by atoms with Crippen LogP contribution in [-0.4, -0.2) is 29.0 Å². The molecule has 1 heterocycles. The van der Waals surface area contributed by atoms with E-state index in [-0.39, 0.29) is 29.1 Å². The standard InChI is InChI=1S/C22H23N3O5S/c1-12(2)30-21-16(25(27)28)10-15(11-17(21)29-4)19-18(13(3)23-22(31)24-19)20(26)14-8-6-5-7-9-14/h5-12,19H,1-4H3,(H2,23,24,31). The Morgan fingerprint density at radius 2 is 1.90 bits per heavy atom. The summed E-state index contributed by atoms with van der Waals surface area (Å²) in [5, 5.41) is 18.2. The maximum absolute atomic E-state index is 13.3. The molecule has 2 aromatic rings. The third-order valence-electron chi connectivity index (χ3n) is 4.71. The number of methoxy groups -OCH3 is 1. The lowest BCUT2D eigenvalue weighted by atomic mass is 9.89. The number of hydrogen-bond acceptors (Lipinski definition) is 6. The van der Waals surface area contributed by atoms with Gasteiger partial charge < -0.3 is 20.1 Å². The van der Waals surface area contributed by atoms with Crippen LogP contribution >= 0.6 is 12.2 Å². The van der Waals surface area contributed by atoms with E-state index in [4.69, 9.17) is 21.7 Å². The van der Waals surface area contributed by atoms with Crippen LogP contribution in [0.15, 0.2) is 53.7 Å². The molecule has 31 heavy (non-hydrogen) atoms. The second-order valence-electron chi connectivity index (χ2n) is 7.26. The number of rotatable bonds is 7. The molecule has 0 saturated carbocycles. The number of carbonyl (C=O) groups is 1. The van der Waals surface area contributed by atoms with Crippen molar-refractivity contribution in [2.45, 2.75) is 32.9 Å². The van der Waals surface area contributed by atoms with E-state index in [9.17, 15) is 14.9 Å². The monoisotopic (exact) mass is 441 g/mol. The Kier molecular flexibility index (Phi) is 6.55. The zero-order valence-electron chi connectivity index (χ0n) is 17.6. The van der Waals surface area contributed by atoms with Gasteiger partial charge in [0.05, 0.1) is 24.2 Å². The van der Waals surface area contributed by atoms with E-state index >= 15 is 0 Å². The van der Waals surface area contributed by atoms with Gasteiger partial charge >= 0.3 is 5.69 Å². The number of nitrogens with zero attached hydrogens (tertiary/aromatic N) is 1. The third kappa shape index (κ3) is 4.66. The minimum Gasteiger partial charge on any atom is -0.493 e. The highest BCUT2D eigenvalue weighted by Crippen LogP contribution is 2.42. The van der Waals surface area contributed by atoms with Crippen LogP contribution in [0.5, 0.6) is 11.5 Å². The molecule has 1 atom stereocenters. The fraction of sp³-hybridized carbons (Fsp3) is 0.273. The van der Waals surface area contributed by atoms with Crippen molar-refractivity contribution in [2.75, 3.05) is 7.11 Å². The average molecular weight is 442 g/mol. The van der Waals surface area contributed by atoms with Crippen LogP contribution in [-0.2, 0) is 0 Å². The molecule has 0 aliphatic carbocycles. The Morgan fingerprint density at radius 1 is 1.23 bits per heavy atom. The number of carbonyl (C=O) groups excluding carboxylic acids is 1. The molecule has 0 bridgehead atoms. The van der Waals surface area contributed by atoms with Crippen LogP contribution < -0.4 is 20.1 Å². The van der Waals surface area contributed by atoms with Gasteiger partial charge in [-0.05, 0) is 44.6 Å². The molecule has 2 aromatic carbocycles. The molecule has 2 N–H and O–H groups in total. The number of nitrogens with one attached hydrogen (secondary N) is 2. The van der Waals surface area contributed by atoms with Gasteiger partial charge in [0.25, 0.3) is 0 Å². The molecular formula is C22H23N3O5S. The second kappa shape index (κ2) is 9.13. The summed E-state index contributed by atoms with van der Waals surface area (Å²) < 4.78 is 11.0. The molecule has 1 aliphatic heterocycles. The number of ether oxygens (including phenoxy) is 2. The molecule has 0 saturated heterocycles. The summed E-state index contributed by atoms with van der Waals surface area (Å²) in [6.07, 6.45) is -0.291. The van der Waals surface area contributed by atoms with Gasteiger partial charge in [0.2, 0.25) is 5.75 Å². The first-order valence-electron chi connectivity index (χ1n) is 9.64. The highest BCUT2D eigenvalue weighted by Gasteiger charge is 2.33. The first kappa shape index (κ1) is 22.2. The van der Waals surface area contributed by atoms with Crippen LogP contribution in [0.3, 0.4) is 0 Å². The zero-order chi connectivity index (χ0) is 22.7. The minimum absolute atomic E-state index is 0.0411. The minimum atomic E-state index is -0.706. The molecule has 1 unspecified atom stereocenters. The van der Waals surface area contributed by atoms with Gasteiger partial charge in [0, 0.05) is 22.9 Å². The molecule has 9 heteroatoms. The first-order valence-corrected chi connectivity index (χ1v) is 10.0. The molecule has 8 nitrogen and oxygen atoms in total. The quantitative estimate of drug-likeness (QED) is 0.287. The summed E-state index contributed by atoms with van der Waals surface area (Å²) in [5.41, 5.74) is 1.69. The van der Waals surface area contributed by atoms with Crippen molar-refractivity contribution in [1.82, 2.24) is 10.6 Å². The van der Waals surface area contributed by atoms with Crippen LogP contribution in [0.25, 0.3) is 0 Å². The van der Waals surface area contributed by atoms with Gasteiger partial charge in [-0.2, -0.15) is 0 Å². The first-order chi connectivity index (χ1) is 14.7. The molecule has 0 aromatic heterocycles. The molecule has 162 valence electrons. The molecule has 0 radical (unpaired) electrons. The van der Waals surface area contributed by atoms with E-state index in [2.05, 4.69) is 10.6 Å². The van der Waals surface area contributed by atoms with E-state index in [1.54, 1.807) is 51.1 Å². The topological polar surface area (TPSA) is 103 Å². The molecule has 0 amide bonds. The van der Waals surface area contributed by atoms with Crippen molar-refractivity contribution in [3.63, 3.8) is 0 Å². The Bertz CT molecular complexity index is 1070. The van der Waals surface area contributed by atoms with E-state index < -0.39 is 11.0 Å². The van der Waals surface area contributed by atoms with Crippen LogP contribution in [0.2, 0.25) is 0 Å². The largest absolute Gasteiger partial charge is 0.493 e. The van der Waals surface area contributed by atoms with Crippen molar-refractivity contribution in [1.29, 1.82) is 0 Å². The lowest BCUT2D eigenvalue weighted by Gasteiger charge is -2.30. The van der Waals surface area contributed by atoms with E-state index in [1.165, 1.54) is 13.2 Å². The Morgan fingerprint density at radius 3 is 2.48 bits per heavy atom. The average Bonchev–Trinajstić information content (AvgIpc) is 2.73. The summed E-state index contributed by atoms with van der Waals surface area (Å²) >= 11 is 5.29. The predicted molar refractivity (Wildman–Crippen MR) is 120 cm³/mol. The van der Waals surface area contributed by atoms with E-state index in [0.717, 1.165) is 0 Å². The van der Waals surface area contributed by atoms with E-state index in [1.807, 2.05) is 6.07 Å². The van der Waals surface area contributed by atoms with Gasteiger partial charge in [-0.1, -0.05) is 30.3 Å². The number of benzene rings is 2. The lowest BCUT2D eigenvalue weighted by molar-refractivity contribution is -0.386. The van der Waals surface area contributed by atoms with Crippen molar-refractivity contribution < 1.29 is 19.2 Å². The Hall–Kier alpha value is -3.46. The number of allylic oxidation sites excluding steroid dienone is 1. The van der Waals surface area contributed by atoms with Crippen molar-refractivity contribution in [3.05, 3.63) is 75.0 Å². The SMILES string of the molecule is COc1cc(C2NC(=S)NC(C)=C2C(=O)c2ccccc2)cc([N+](=O)[O-])c1OC(C)C. The second-order valence-corrected chi connectivity index (χ2v) is 7.67. The predicted octanol–water partition coefficient (Wildman–Crippen LogP) is 4.07. The van der Waals surface area contributed by atoms with Gasteiger partial charge in [-0.3, -0.25) is 14.9 Å². The van der Waals surface area contributed by atoms with Crippen molar-refractivity contribution in [2.24, 2.45) is 0 Å². The molecule has 0 spiro atoms. The van der Waals surface area contributed by atoms with Crippen molar-refractivity contribution >= 4 is 28.8 Å². The molecule has 0 fully saturated rings. The highest BCUT2D eigenvalue weighted by molar-refractivity contribution is 7.80. The summed E-state index contributed by atoms with van der Waals surface area (Å²) in [4.78, 5) is 24.6. The Labute approximate surface area is 185 Å². The zero-order valence-corrected chi connectivity index (χ0v) is 18.4. The number of nitro benzene ring substituents is 1. The summed E-state index contributed by atoms with van der Waals surface area (Å²) in [6.45, 7) is 5.29. The van der Waals surface area contributed by atoms with Gasteiger partial charge in [-0.15, -0.1) is 0 Å². The normalized spacial score (nSPS) is 15.9. The fourth-order valence-corrected chi connectivity index (χ4v) is 3.68. The van der Waals surface area contributed by atoms with Gasteiger partial charge in [0.15, 0.2) is 16.6 Å². The molecule has 3 rings (SSSR count). The maximum Gasteiger partial charge on any atom is 0.315 e. The molecular weight excluding hydrogens is 418 g/mol. The lowest BCUT2D eigenvalue weighted by Crippen LogP contribution is -2.44. The van der Waals surface area contributed by atoms with Crippen LogP contribution in [0, 0.1) is 10.1 Å². The highest BCUT2D eigenvalue weighted by atomic mass is 32.1. The molecule has 1 aliphatic rings. The van der Waals surface area contributed by atoms with Gasteiger partial charge in [0.1, 0.15) is 0 Å². The third-order valence-corrected chi connectivity index (χ3v) is 4.93. The Balaban J connectivity index is 2.17. The van der Waals surface area contributed by atoms with Gasteiger partial charge in [-0.25, -0.2) is 0 Å². The number of nitro groups is 1. The summed E-state index contributed by atoms with van der Waals surface area (Å²) in [5.74, 6) is 0.0300. The van der Waals surface area contributed by atoms with Crippen LogP contribution in [0.1, 0.15) is 42.7 Å². The number of hydrogen-bond donors (Lipinski definition) is 2. The fourth-order valence-electron chi connectivity index (χ4n) is 3.41.